The van der Waals surface area contributed by atoms with Gasteiger partial charge in [0.1, 0.15) is 16.4 Å². The summed E-state index contributed by atoms with van der Waals surface area (Å²) in [5.41, 5.74) is 0. The average molecular weight is 256 g/mol. The maximum atomic E-state index is 12.9. The first kappa shape index (κ1) is 11.5. The number of aromatic carboxylic acids is 1. The van der Waals surface area contributed by atoms with Crippen LogP contribution in [0.5, 0.6) is 11.5 Å². The highest BCUT2D eigenvalue weighted by atomic mass is 32.1. The second-order valence-electron chi connectivity index (χ2n) is 3.13. The van der Waals surface area contributed by atoms with Crippen molar-refractivity contribution in [1.82, 2.24) is 0 Å². The molecule has 0 saturated heterocycles. The molecule has 6 heteroatoms. The Hall–Kier alpha value is -1.95. The Morgan fingerprint density at radius 2 is 1.94 bits per heavy atom. The van der Waals surface area contributed by atoms with E-state index >= 15 is 0 Å². The fourth-order valence-corrected chi connectivity index (χ4v) is 1.81. The van der Waals surface area contributed by atoms with Gasteiger partial charge in [0.25, 0.3) is 0 Å². The molecular formula is C11H6F2O3S. The highest BCUT2D eigenvalue weighted by Crippen LogP contribution is 2.27. The van der Waals surface area contributed by atoms with Gasteiger partial charge in [0.15, 0.2) is 11.6 Å². The number of ether oxygens (including phenoxy) is 1. The van der Waals surface area contributed by atoms with Gasteiger partial charge in [-0.15, -0.1) is 11.3 Å². The summed E-state index contributed by atoms with van der Waals surface area (Å²) in [7, 11) is 0. The van der Waals surface area contributed by atoms with Crippen LogP contribution in [0.3, 0.4) is 0 Å². The summed E-state index contributed by atoms with van der Waals surface area (Å²) in [6.45, 7) is 0. The van der Waals surface area contributed by atoms with Crippen LogP contribution in [0.4, 0.5) is 8.78 Å². The van der Waals surface area contributed by atoms with E-state index in [-0.39, 0.29) is 16.4 Å². The van der Waals surface area contributed by atoms with Gasteiger partial charge in [-0.3, -0.25) is 0 Å². The van der Waals surface area contributed by atoms with Crippen LogP contribution in [0.2, 0.25) is 0 Å². The quantitative estimate of drug-likeness (QED) is 0.913. The van der Waals surface area contributed by atoms with Crippen molar-refractivity contribution in [3.8, 4) is 11.5 Å². The van der Waals surface area contributed by atoms with Gasteiger partial charge < -0.3 is 9.84 Å². The fourth-order valence-electron chi connectivity index (χ4n) is 1.16. The SMILES string of the molecule is O=C(O)c1cc(Oc2ccc(F)c(F)c2)cs1. The minimum absolute atomic E-state index is 0.110. The van der Waals surface area contributed by atoms with Crippen molar-refractivity contribution in [1.29, 1.82) is 0 Å². The Labute approximate surface area is 98.9 Å². The number of hydrogen-bond acceptors (Lipinski definition) is 3. The molecule has 0 aliphatic rings. The third-order valence-electron chi connectivity index (χ3n) is 1.91. The second-order valence-corrected chi connectivity index (χ2v) is 4.04. The Morgan fingerprint density at radius 1 is 1.18 bits per heavy atom. The van der Waals surface area contributed by atoms with Gasteiger partial charge in [0.2, 0.25) is 0 Å². The molecule has 3 nitrogen and oxygen atoms in total. The molecule has 2 rings (SSSR count). The topological polar surface area (TPSA) is 46.5 Å². The number of rotatable bonds is 3. The summed E-state index contributed by atoms with van der Waals surface area (Å²) >= 11 is 0.992. The minimum atomic E-state index is -1.06. The number of carboxylic acids is 1. The summed E-state index contributed by atoms with van der Waals surface area (Å²) in [5.74, 6) is -2.66. The van der Waals surface area contributed by atoms with Crippen LogP contribution in [0.15, 0.2) is 29.6 Å². The summed E-state index contributed by atoms with van der Waals surface area (Å²) in [5, 5.41) is 10.2. The van der Waals surface area contributed by atoms with Crippen molar-refractivity contribution >= 4 is 17.3 Å². The summed E-state index contributed by atoms with van der Waals surface area (Å²) in [4.78, 5) is 10.7. The van der Waals surface area contributed by atoms with Crippen LogP contribution in [0.1, 0.15) is 9.67 Å². The van der Waals surface area contributed by atoms with Gasteiger partial charge in [-0.2, -0.15) is 0 Å². The van der Waals surface area contributed by atoms with E-state index in [0.29, 0.717) is 0 Å². The van der Waals surface area contributed by atoms with Crippen molar-refractivity contribution in [2.45, 2.75) is 0 Å². The number of hydrogen-bond donors (Lipinski definition) is 1. The van der Waals surface area contributed by atoms with E-state index in [2.05, 4.69) is 0 Å². The van der Waals surface area contributed by atoms with E-state index in [1.165, 1.54) is 17.5 Å². The lowest BCUT2D eigenvalue weighted by atomic mass is 10.3. The Morgan fingerprint density at radius 3 is 2.53 bits per heavy atom. The van der Waals surface area contributed by atoms with Crippen molar-refractivity contribution < 1.29 is 23.4 Å². The van der Waals surface area contributed by atoms with Gasteiger partial charge in [-0.1, -0.05) is 0 Å². The average Bonchev–Trinajstić information content (AvgIpc) is 2.72. The van der Waals surface area contributed by atoms with Gasteiger partial charge in [-0.05, 0) is 12.1 Å². The minimum Gasteiger partial charge on any atom is -0.477 e. The molecule has 1 heterocycles. The third-order valence-corrected chi connectivity index (χ3v) is 2.81. The Bertz CT molecular complexity index is 566. The molecule has 1 aromatic heterocycles. The zero-order valence-electron chi connectivity index (χ0n) is 8.31. The predicted octanol–water partition coefficient (Wildman–Crippen LogP) is 3.52. The monoisotopic (exact) mass is 256 g/mol. The van der Waals surface area contributed by atoms with Crippen LogP contribution in [-0.4, -0.2) is 11.1 Å². The maximum Gasteiger partial charge on any atom is 0.346 e. The first-order chi connectivity index (χ1) is 8.06. The van der Waals surface area contributed by atoms with Crippen LogP contribution in [0.25, 0.3) is 0 Å². The number of thiophene rings is 1. The molecule has 0 bridgehead atoms. The van der Waals surface area contributed by atoms with E-state index in [4.69, 9.17) is 9.84 Å². The molecular weight excluding hydrogens is 250 g/mol. The van der Waals surface area contributed by atoms with Gasteiger partial charge in [-0.25, -0.2) is 13.6 Å². The van der Waals surface area contributed by atoms with E-state index in [0.717, 1.165) is 23.5 Å². The highest BCUT2D eigenvalue weighted by molar-refractivity contribution is 7.12. The molecule has 0 aliphatic heterocycles. The molecule has 0 aliphatic carbocycles. The van der Waals surface area contributed by atoms with E-state index < -0.39 is 17.6 Å². The smallest absolute Gasteiger partial charge is 0.346 e. The largest absolute Gasteiger partial charge is 0.477 e. The molecule has 17 heavy (non-hydrogen) atoms. The fraction of sp³-hybridized carbons (Fsp3) is 0. The second kappa shape index (κ2) is 4.50. The van der Waals surface area contributed by atoms with Crippen molar-refractivity contribution in [2.24, 2.45) is 0 Å². The third kappa shape index (κ3) is 2.59. The van der Waals surface area contributed by atoms with Gasteiger partial charge in [0, 0.05) is 17.5 Å². The molecule has 0 saturated carbocycles. The summed E-state index contributed by atoms with van der Waals surface area (Å²) < 4.78 is 30.7. The van der Waals surface area contributed by atoms with Crippen LogP contribution >= 0.6 is 11.3 Å². The van der Waals surface area contributed by atoms with Crippen molar-refractivity contribution in [3.05, 3.63) is 46.2 Å². The number of benzene rings is 1. The lowest BCUT2D eigenvalue weighted by Crippen LogP contribution is -1.90. The Kier molecular flexibility index (Phi) is 3.06. The molecule has 0 radical (unpaired) electrons. The first-order valence-electron chi connectivity index (χ1n) is 4.51. The van der Waals surface area contributed by atoms with E-state index in [1.807, 2.05) is 0 Å². The van der Waals surface area contributed by atoms with Crippen molar-refractivity contribution in [2.75, 3.05) is 0 Å². The molecule has 0 spiro atoms. The highest BCUT2D eigenvalue weighted by Gasteiger charge is 2.09. The summed E-state index contributed by atoms with van der Waals surface area (Å²) in [6, 6.07) is 4.41. The number of halogens is 2. The molecule has 2 aromatic rings. The normalized spacial score (nSPS) is 10.2. The van der Waals surface area contributed by atoms with E-state index in [1.54, 1.807) is 0 Å². The number of carbonyl (C=O) groups is 1. The molecule has 1 N–H and O–H groups in total. The van der Waals surface area contributed by atoms with Crippen LogP contribution in [0, 0.1) is 11.6 Å². The molecule has 0 amide bonds. The molecule has 0 fully saturated rings. The lowest BCUT2D eigenvalue weighted by molar-refractivity contribution is 0.0702. The molecule has 0 atom stereocenters. The van der Waals surface area contributed by atoms with Crippen molar-refractivity contribution in [3.63, 3.8) is 0 Å². The molecule has 0 unspecified atom stereocenters. The van der Waals surface area contributed by atoms with Gasteiger partial charge in [0.05, 0.1) is 0 Å². The standard InChI is InChI=1S/C11H6F2O3S/c12-8-2-1-6(3-9(8)13)16-7-4-10(11(14)15)17-5-7/h1-5H,(H,14,15). The predicted molar refractivity (Wildman–Crippen MR) is 57.7 cm³/mol. The van der Waals surface area contributed by atoms with Crippen LogP contribution in [-0.2, 0) is 0 Å². The maximum absolute atomic E-state index is 12.9. The zero-order chi connectivity index (χ0) is 12.4. The van der Waals surface area contributed by atoms with E-state index in [9.17, 15) is 13.6 Å². The number of carboxylic acid groups (broad SMARTS) is 1. The zero-order valence-corrected chi connectivity index (χ0v) is 9.13. The molecule has 1 aromatic carbocycles. The summed E-state index contributed by atoms with van der Waals surface area (Å²) in [6.07, 6.45) is 0. The Balaban J connectivity index is 2.19. The van der Waals surface area contributed by atoms with Crippen LogP contribution < -0.4 is 4.74 Å². The first-order valence-corrected chi connectivity index (χ1v) is 5.39. The lowest BCUT2D eigenvalue weighted by Gasteiger charge is -2.02. The molecule has 88 valence electrons. The van der Waals surface area contributed by atoms with Gasteiger partial charge >= 0.3 is 5.97 Å².